The zero-order valence-corrected chi connectivity index (χ0v) is 19.1. The summed E-state index contributed by atoms with van der Waals surface area (Å²) in [4.78, 5) is 0. The summed E-state index contributed by atoms with van der Waals surface area (Å²) in [6.07, 6.45) is 6.09. The van der Waals surface area contributed by atoms with Gasteiger partial charge < -0.3 is 32.5 Å². The van der Waals surface area contributed by atoms with Gasteiger partial charge in [-0.3, -0.25) is 0 Å². The van der Waals surface area contributed by atoms with E-state index in [0.29, 0.717) is 23.0 Å². The van der Waals surface area contributed by atoms with Crippen molar-refractivity contribution in [2.45, 2.75) is 54.8 Å². The van der Waals surface area contributed by atoms with Gasteiger partial charge in [-0.05, 0) is 114 Å². The molecule has 3 aromatic rings. The second-order valence-corrected chi connectivity index (χ2v) is 11.2. The predicted octanol–water partition coefficient (Wildman–Crippen LogP) is 4.66. The molecule has 3 aromatic carbocycles. The third kappa shape index (κ3) is 2.87. The summed E-state index contributed by atoms with van der Waals surface area (Å²) in [5.74, 6) is 0.817. The number of hydrogen-bond donors (Lipinski definition) is 6. The molecule has 4 fully saturated rings. The zero-order valence-electron chi connectivity index (χ0n) is 19.1. The first-order chi connectivity index (χ1) is 16.1. The number of phenols is 3. The van der Waals surface area contributed by atoms with Crippen molar-refractivity contribution in [2.24, 2.45) is 5.92 Å². The summed E-state index contributed by atoms with van der Waals surface area (Å²) in [6.45, 7) is 0. The number of rotatable bonds is 3. The highest BCUT2D eigenvalue weighted by Crippen LogP contribution is 2.71. The Balaban J connectivity index is 1.56. The molecule has 0 atom stereocenters. The van der Waals surface area contributed by atoms with Crippen molar-refractivity contribution in [3.63, 3.8) is 0 Å². The Morgan fingerprint density at radius 1 is 0.529 bits per heavy atom. The summed E-state index contributed by atoms with van der Waals surface area (Å²) in [5.41, 5.74) is 22.9. The predicted molar refractivity (Wildman–Crippen MR) is 134 cm³/mol. The fraction of sp³-hybridized carbons (Fsp3) is 0.357. The smallest absolute Gasteiger partial charge is 0.138 e. The van der Waals surface area contributed by atoms with Gasteiger partial charge in [-0.15, -0.1) is 0 Å². The van der Waals surface area contributed by atoms with E-state index in [2.05, 4.69) is 0 Å². The number of nitrogens with two attached hydrogens (primary N) is 3. The molecule has 0 aliphatic heterocycles. The highest BCUT2D eigenvalue weighted by Gasteiger charge is 2.64. The second-order valence-electron chi connectivity index (χ2n) is 11.2. The van der Waals surface area contributed by atoms with E-state index in [1.807, 2.05) is 36.4 Å². The quantitative estimate of drug-likeness (QED) is 0.250. The number of benzene rings is 3. The molecule has 4 aliphatic carbocycles. The first kappa shape index (κ1) is 21.0. The minimum Gasteiger partial charge on any atom is -0.506 e. The van der Waals surface area contributed by atoms with Crippen molar-refractivity contribution in [3.8, 4) is 17.2 Å². The van der Waals surface area contributed by atoms with Crippen LogP contribution in [0, 0.1) is 5.92 Å². The first-order valence-corrected chi connectivity index (χ1v) is 11.9. The SMILES string of the molecule is Nc1cc(C23CC4CC(c5ccc(O)c(N)c5)(C2)CC(c2ccc(O)c(N)c2)(C4)C3)ccc1O. The van der Waals surface area contributed by atoms with Crippen LogP contribution < -0.4 is 17.2 Å². The van der Waals surface area contributed by atoms with E-state index in [0.717, 1.165) is 38.5 Å². The van der Waals surface area contributed by atoms with Crippen LogP contribution in [0.5, 0.6) is 17.2 Å². The van der Waals surface area contributed by atoms with E-state index in [4.69, 9.17) is 17.2 Å². The summed E-state index contributed by atoms with van der Waals surface area (Å²) < 4.78 is 0. The fourth-order valence-electron chi connectivity index (χ4n) is 8.06. The van der Waals surface area contributed by atoms with Crippen LogP contribution in [0.4, 0.5) is 17.1 Å². The molecule has 9 N–H and O–H groups in total. The van der Waals surface area contributed by atoms with E-state index in [9.17, 15) is 15.3 Å². The van der Waals surface area contributed by atoms with Crippen LogP contribution in [0.25, 0.3) is 0 Å². The Kier molecular flexibility index (Phi) is 4.17. The Labute approximate surface area is 199 Å². The van der Waals surface area contributed by atoms with Crippen molar-refractivity contribution in [3.05, 3.63) is 71.3 Å². The van der Waals surface area contributed by atoms with E-state index < -0.39 is 0 Å². The van der Waals surface area contributed by atoms with Crippen LogP contribution in [-0.2, 0) is 16.2 Å². The molecule has 0 radical (unpaired) electrons. The third-order valence-electron chi connectivity index (χ3n) is 8.99. The van der Waals surface area contributed by atoms with Gasteiger partial charge in [-0.2, -0.15) is 0 Å². The van der Waals surface area contributed by atoms with Crippen molar-refractivity contribution in [1.82, 2.24) is 0 Å². The van der Waals surface area contributed by atoms with Crippen molar-refractivity contribution in [1.29, 1.82) is 0 Å². The number of nitrogen functional groups attached to an aromatic ring is 3. The normalized spacial score (nSPS) is 31.6. The summed E-state index contributed by atoms with van der Waals surface area (Å²) >= 11 is 0. The molecule has 6 heteroatoms. The van der Waals surface area contributed by atoms with Gasteiger partial charge in [0.1, 0.15) is 17.2 Å². The van der Waals surface area contributed by atoms with E-state index >= 15 is 0 Å². The molecular formula is C28H31N3O3. The van der Waals surface area contributed by atoms with Gasteiger partial charge in [0.2, 0.25) is 0 Å². The number of hydrogen-bond acceptors (Lipinski definition) is 6. The lowest BCUT2D eigenvalue weighted by Crippen LogP contribution is -2.62. The zero-order chi connectivity index (χ0) is 23.9. The van der Waals surface area contributed by atoms with E-state index in [1.54, 1.807) is 18.2 Å². The monoisotopic (exact) mass is 457 g/mol. The lowest BCUT2D eigenvalue weighted by molar-refractivity contribution is -0.0493. The number of anilines is 3. The molecule has 4 aliphatic rings. The molecule has 7 rings (SSSR count). The maximum atomic E-state index is 10.1. The fourth-order valence-corrected chi connectivity index (χ4v) is 8.06. The lowest BCUT2D eigenvalue weighted by Gasteiger charge is -2.67. The van der Waals surface area contributed by atoms with Gasteiger partial charge >= 0.3 is 0 Å². The molecule has 0 spiro atoms. The molecule has 34 heavy (non-hydrogen) atoms. The second kappa shape index (κ2) is 6.75. The van der Waals surface area contributed by atoms with Crippen LogP contribution in [0.1, 0.15) is 55.2 Å². The maximum Gasteiger partial charge on any atom is 0.138 e. The topological polar surface area (TPSA) is 139 Å². The van der Waals surface area contributed by atoms with Crippen LogP contribution in [-0.4, -0.2) is 15.3 Å². The van der Waals surface area contributed by atoms with Crippen LogP contribution in [0.3, 0.4) is 0 Å². The van der Waals surface area contributed by atoms with E-state index in [1.165, 1.54) is 16.7 Å². The maximum absolute atomic E-state index is 10.1. The molecular weight excluding hydrogens is 426 g/mol. The Hall–Kier alpha value is -3.54. The van der Waals surface area contributed by atoms with Crippen molar-refractivity contribution in [2.75, 3.05) is 17.2 Å². The highest BCUT2D eigenvalue weighted by atomic mass is 16.3. The van der Waals surface area contributed by atoms with Gasteiger partial charge in [-0.25, -0.2) is 0 Å². The average molecular weight is 458 g/mol. The lowest BCUT2D eigenvalue weighted by atomic mass is 9.36. The summed E-state index contributed by atoms with van der Waals surface area (Å²) in [6, 6.07) is 17.0. The van der Waals surface area contributed by atoms with Gasteiger partial charge in [0, 0.05) is 0 Å². The molecule has 0 aromatic heterocycles. The largest absolute Gasteiger partial charge is 0.506 e. The third-order valence-corrected chi connectivity index (χ3v) is 8.99. The molecule has 0 heterocycles. The summed E-state index contributed by atoms with van der Waals surface area (Å²) in [7, 11) is 0. The molecule has 0 amide bonds. The van der Waals surface area contributed by atoms with Gasteiger partial charge in [-0.1, -0.05) is 18.2 Å². The van der Waals surface area contributed by atoms with Crippen molar-refractivity contribution >= 4 is 17.1 Å². The minimum absolute atomic E-state index is 0.107. The number of aromatic hydroxyl groups is 3. The molecule has 176 valence electrons. The Morgan fingerprint density at radius 2 is 0.824 bits per heavy atom. The van der Waals surface area contributed by atoms with Crippen LogP contribution in [0.15, 0.2) is 54.6 Å². The minimum atomic E-state index is -0.111. The number of phenolic OH excluding ortho intramolecular Hbond substituents is 3. The molecule has 6 nitrogen and oxygen atoms in total. The molecule has 4 saturated carbocycles. The Bertz CT molecular complexity index is 1150. The van der Waals surface area contributed by atoms with E-state index in [-0.39, 0.29) is 33.5 Å². The highest BCUT2D eigenvalue weighted by molar-refractivity contribution is 5.60. The van der Waals surface area contributed by atoms with Gasteiger partial charge in [0.15, 0.2) is 0 Å². The standard InChI is InChI=1S/C28H31N3O3/c29-20-7-17(1-4-23(20)32)26-10-16-11-27(13-26,18-2-5-24(33)21(30)8-18)15-28(12-16,14-26)19-3-6-25(34)22(31)9-19/h1-9,16,32-34H,10-15,29-31H2. The van der Waals surface area contributed by atoms with Crippen molar-refractivity contribution < 1.29 is 15.3 Å². The molecule has 4 bridgehead atoms. The molecule has 0 unspecified atom stereocenters. The first-order valence-electron chi connectivity index (χ1n) is 11.9. The molecule has 0 saturated heterocycles. The summed E-state index contributed by atoms with van der Waals surface area (Å²) in [5, 5.41) is 30.3. The van der Waals surface area contributed by atoms with Gasteiger partial charge in [0.05, 0.1) is 17.1 Å². The average Bonchev–Trinajstić information content (AvgIpc) is 2.78. The van der Waals surface area contributed by atoms with Crippen LogP contribution in [0.2, 0.25) is 0 Å². The Morgan fingerprint density at radius 3 is 1.09 bits per heavy atom. The van der Waals surface area contributed by atoms with Gasteiger partial charge in [0.25, 0.3) is 0 Å². The van der Waals surface area contributed by atoms with Crippen LogP contribution >= 0.6 is 0 Å².